The van der Waals surface area contributed by atoms with E-state index < -0.39 is 23.3 Å². The Balaban J connectivity index is 2.04. The first-order valence-corrected chi connectivity index (χ1v) is 5.49. The molecule has 0 spiro atoms. The van der Waals surface area contributed by atoms with Gasteiger partial charge in [-0.3, -0.25) is 14.6 Å². The Bertz CT molecular complexity index is 715. The zero-order chi connectivity index (χ0) is 14.7. The van der Waals surface area contributed by atoms with Crippen LogP contribution in [0.1, 0.15) is 26.7 Å². The van der Waals surface area contributed by atoms with Crippen LogP contribution in [0.4, 0.5) is 0 Å². The standard InChI is InChI=1S/C12H10N2O6/c15-9-3-6(4-10(16)14-9)11(17)13-5-7-1-2-8(20-7)12(18)19/h1-4H,5H2,(H,13,17)(H,18,19)(H2,14,15,16). The molecule has 2 heterocycles. The number of aromatic hydroxyl groups is 1. The molecule has 0 aliphatic heterocycles. The van der Waals surface area contributed by atoms with Crippen LogP contribution < -0.4 is 10.9 Å². The van der Waals surface area contributed by atoms with Gasteiger partial charge in [-0.2, -0.15) is 0 Å². The van der Waals surface area contributed by atoms with Gasteiger partial charge in [0, 0.05) is 12.1 Å². The quantitative estimate of drug-likeness (QED) is 0.635. The zero-order valence-electron chi connectivity index (χ0n) is 10.0. The molecule has 0 bridgehead atoms. The predicted octanol–water partition coefficient (Wildman–Crippen LogP) is 0.302. The number of aromatic carboxylic acids is 1. The number of H-pyrrole nitrogens is 1. The number of hydrogen-bond donors (Lipinski definition) is 4. The van der Waals surface area contributed by atoms with Gasteiger partial charge in [-0.1, -0.05) is 0 Å². The molecule has 8 nitrogen and oxygen atoms in total. The molecule has 0 fully saturated rings. The minimum atomic E-state index is -1.21. The van der Waals surface area contributed by atoms with Crippen molar-refractivity contribution in [3.05, 3.63) is 51.7 Å². The lowest BCUT2D eigenvalue weighted by Crippen LogP contribution is -2.24. The highest BCUT2D eigenvalue weighted by molar-refractivity contribution is 5.94. The third-order valence-corrected chi connectivity index (χ3v) is 2.39. The number of aromatic amines is 1. The van der Waals surface area contributed by atoms with Crippen molar-refractivity contribution in [2.45, 2.75) is 6.54 Å². The van der Waals surface area contributed by atoms with E-state index in [-0.39, 0.29) is 23.6 Å². The van der Waals surface area contributed by atoms with E-state index in [1.807, 2.05) is 0 Å². The van der Waals surface area contributed by atoms with Crippen LogP contribution in [0.5, 0.6) is 5.88 Å². The van der Waals surface area contributed by atoms with Gasteiger partial charge in [0.2, 0.25) is 5.76 Å². The van der Waals surface area contributed by atoms with Gasteiger partial charge in [-0.15, -0.1) is 0 Å². The van der Waals surface area contributed by atoms with E-state index in [0.29, 0.717) is 0 Å². The molecule has 0 aromatic carbocycles. The number of carboxylic acid groups (broad SMARTS) is 1. The van der Waals surface area contributed by atoms with Crippen LogP contribution in [0.15, 0.2) is 33.5 Å². The smallest absolute Gasteiger partial charge is 0.371 e. The Morgan fingerprint density at radius 1 is 1.30 bits per heavy atom. The first-order chi connectivity index (χ1) is 9.45. The number of nitrogens with one attached hydrogen (secondary N) is 2. The highest BCUT2D eigenvalue weighted by Gasteiger charge is 2.11. The maximum Gasteiger partial charge on any atom is 0.371 e. The van der Waals surface area contributed by atoms with E-state index in [1.165, 1.54) is 12.1 Å². The highest BCUT2D eigenvalue weighted by atomic mass is 16.4. The summed E-state index contributed by atoms with van der Waals surface area (Å²) in [5.41, 5.74) is -0.627. The summed E-state index contributed by atoms with van der Waals surface area (Å²) in [6.45, 7) is -0.0420. The predicted molar refractivity (Wildman–Crippen MR) is 65.6 cm³/mol. The number of hydrogen-bond acceptors (Lipinski definition) is 5. The largest absolute Gasteiger partial charge is 0.494 e. The first-order valence-electron chi connectivity index (χ1n) is 5.49. The van der Waals surface area contributed by atoms with Crippen LogP contribution in [0.3, 0.4) is 0 Å². The fraction of sp³-hybridized carbons (Fsp3) is 0.0833. The Hall–Kier alpha value is -3.03. The van der Waals surface area contributed by atoms with Crippen molar-refractivity contribution in [2.24, 2.45) is 0 Å². The molecule has 104 valence electrons. The summed E-state index contributed by atoms with van der Waals surface area (Å²) in [4.78, 5) is 35.5. The summed E-state index contributed by atoms with van der Waals surface area (Å²) in [7, 11) is 0. The summed E-state index contributed by atoms with van der Waals surface area (Å²) in [5, 5.41) is 20.3. The van der Waals surface area contributed by atoms with Crippen LogP contribution >= 0.6 is 0 Å². The Morgan fingerprint density at radius 2 is 2.05 bits per heavy atom. The van der Waals surface area contributed by atoms with Gasteiger partial charge >= 0.3 is 5.97 Å². The Morgan fingerprint density at radius 3 is 2.65 bits per heavy atom. The van der Waals surface area contributed by atoms with E-state index in [9.17, 15) is 19.5 Å². The number of rotatable bonds is 4. The van der Waals surface area contributed by atoms with Crippen molar-refractivity contribution in [1.82, 2.24) is 10.3 Å². The third-order valence-electron chi connectivity index (χ3n) is 2.39. The molecular formula is C12H10N2O6. The number of carboxylic acids is 1. The summed E-state index contributed by atoms with van der Waals surface area (Å²) in [6.07, 6.45) is 0. The molecule has 0 atom stereocenters. The average molecular weight is 278 g/mol. The van der Waals surface area contributed by atoms with Crippen molar-refractivity contribution in [2.75, 3.05) is 0 Å². The molecule has 0 aliphatic rings. The maximum absolute atomic E-state index is 11.7. The zero-order valence-corrected chi connectivity index (χ0v) is 10.0. The maximum atomic E-state index is 11.7. The van der Waals surface area contributed by atoms with Crippen LogP contribution in [-0.4, -0.2) is 27.1 Å². The summed E-state index contributed by atoms with van der Waals surface area (Å²) >= 11 is 0. The van der Waals surface area contributed by atoms with E-state index in [4.69, 9.17) is 9.52 Å². The van der Waals surface area contributed by atoms with Gasteiger partial charge in [0.1, 0.15) is 5.76 Å². The summed E-state index contributed by atoms with van der Waals surface area (Å²) in [5.74, 6) is -2.21. The SMILES string of the molecule is O=C(NCc1ccc(C(=O)O)o1)c1cc(O)[nH]c(=O)c1. The molecule has 1 amide bonds. The van der Waals surface area contributed by atoms with Crippen molar-refractivity contribution < 1.29 is 24.2 Å². The fourth-order valence-electron chi connectivity index (χ4n) is 1.52. The second-order valence-corrected chi connectivity index (χ2v) is 3.87. The number of aromatic nitrogens is 1. The van der Waals surface area contributed by atoms with Crippen molar-refractivity contribution in [1.29, 1.82) is 0 Å². The second kappa shape index (κ2) is 5.31. The molecule has 0 unspecified atom stereocenters. The van der Waals surface area contributed by atoms with Crippen molar-refractivity contribution in [3.63, 3.8) is 0 Å². The number of pyridine rings is 1. The third kappa shape index (κ3) is 3.05. The van der Waals surface area contributed by atoms with Gasteiger partial charge in [0.05, 0.1) is 12.1 Å². The van der Waals surface area contributed by atoms with Crippen LogP contribution in [0, 0.1) is 0 Å². The number of amides is 1. The van der Waals surface area contributed by atoms with Gasteiger partial charge in [-0.05, 0) is 12.1 Å². The van der Waals surface area contributed by atoms with E-state index >= 15 is 0 Å². The van der Waals surface area contributed by atoms with Crippen LogP contribution in [0.25, 0.3) is 0 Å². The normalized spacial score (nSPS) is 10.2. The van der Waals surface area contributed by atoms with Crippen LogP contribution in [-0.2, 0) is 6.54 Å². The van der Waals surface area contributed by atoms with Crippen molar-refractivity contribution in [3.8, 4) is 5.88 Å². The molecule has 20 heavy (non-hydrogen) atoms. The second-order valence-electron chi connectivity index (χ2n) is 3.87. The topological polar surface area (TPSA) is 133 Å². The number of carbonyl (C=O) groups excluding carboxylic acids is 1. The molecular weight excluding hydrogens is 268 g/mol. The summed E-state index contributed by atoms with van der Waals surface area (Å²) < 4.78 is 4.95. The molecule has 2 aromatic heterocycles. The Labute approximate surface area is 111 Å². The van der Waals surface area contributed by atoms with E-state index in [1.54, 1.807) is 0 Å². The lowest BCUT2D eigenvalue weighted by Gasteiger charge is -2.03. The van der Waals surface area contributed by atoms with Gasteiger partial charge in [0.25, 0.3) is 11.5 Å². The molecule has 0 saturated carbocycles. The first kappa shape index (κ1) is 13.4. The van der Waals surface area contributed by atoms with Gasteiger partial charge < -0.3 is 19.9 Å². The van der Waals surface area contributed by atoms with Crippen LogP contribution in [0.2, 0.25) is 0 Å². The molecule has 2 rings (SSSR count). The summed E-state index contributed by atoms with van der Waals surface area (Å²) in [6, 6.07) is 4.81. The highest BCUT2D eigenvalue weighted by Crippen LogP contribution is 2.08. The molecule has 8 heteroatoms. The number of furan rings is 1. The van der Waals surface area contributed by atoms with Crippen molar-refractivity contribution >= 4 is 11.9 Å². The molecule has 0 aliphatic carbocycles. The molecule has 4 N–H and O–H groups in total. The lowest BCUT2D eigenvalue weighted by molar-refractivity contribution is 0.0660. The Kier molecular flexibility index (Phi) is 3.56. The molecule has 0 radical (unpaired) electrons. The van der Waals surface area contributed by atoms with Gasteiger partial charge in [0.15, 0.2) is 5.88 Å². The molecule has 0 saturated heterocycles. The minimum absolute atomic E-state index is 0.0173. The van der Waals surface area contributed by atoms with Gasteiger partial charge in [-0.25, -0.2) is 4.79 Å². The molecule has 2 aromatic rings. The lowest BCUT2D eigenvalue weighted by atomic mass is 10.2. The number of carbonyl (C=O) groups is 2. The monoisotopic (exact) mass is 278 g/mol. The van der Waals surface area contributed by atoms with E-state index in [2.05, 4.69) is 10.3 Å². The average Bonchev–Trinajstić information content (AvgIpc) is 2.83. The fourth-order valence-corrected chi connectivity index (χ4v) is 1.52. The minimum Gasteiger partial charge on any atom is -0.494 e. The van der Waals surface area contributed by atoms with E-state index in [0.717, 1.165) is 12.1 Å².